The molecule has 36 heavy (non-hydrogen) atoms. The Labute approximate surface area is 213 Å². The summed E-state index contributed by atoms with van der Waals surface area (Å²) in [6, 6.07) is 14.8. The Bertz CT molecular complexity index is 1270. The van der Waals surface area contributed by atoms with E-state index in [-0.39, 0.29) is 17.7 Å². The molecule has 2 aliphatic heterocycles. The Balaban J connectivity index is 1.34. The van der Waals surface area contributed by atoms with E-state index in [1.165, 1.54) is 29.5 Å². The summed E-state index contributed by atoms with van der Waals surface area (Å²) in [5.41, 5.74) is 2.24. The number of piperazine rings is 1. The average Bonchev–Trinajstić information content (AvgIpc) is 3.63. The highest BCUT2D eigenvalue weighted by atomic mass is 32.1. The van der Waals surface area contributed by atoms with Crippen molar-refractivity contribution >= 4 is 40.4 Å². The quantitative estimate of drug-likeness (QED) is 0.559. The molecule has 0 radical (unpaired) electrons. The fourth-order valence-electron chi connectivity index (χ4n) is 4.71. The smallest absolute Gasteiger partial charge is 0.265 e. The molecule has 0 spiro atoms. The highest BCUT2D eigenvalue weighted by Crippen LogP contribution is 2.29. The topological polar surface area (TPSA) is 73.0 Å². The van der Waals surface area contributed by atoms with Gasteiger partial charge < -0.3 is 20.0 Å². The molecule has 0 atom stereocenters. The summed E-state index contributed by atoms with van der Waals surface area (Å²) in [6.45, 7) is 3.46. The van der Waals surface area contributed by atoms with E-state index in [2.05, 4.69) is 10.2 Å². The summed E-state index contributed by atoms with van der Waals surface area (Å²) in [6.07, 6.45) is 1.97. The van der Waals surface area contributed by atoms with Crippen LogP contribution in [0, 0.1) is 5.82 Å². The number of likely N-dealkylation sites (tertiary alicyclic amines) is 1. The second-order valence-electron chi connectivity index (χ2n) is 8.95. The van der Waals surface area contributed by atoms with Crippen LogP contribution < -0.4 is 10.2 Å². The molecular weight excluding hydrogens is 479 g/mol. The number of carbonyl (C=O) groups excluding carboxylic acids is 3. The minimum Gasteiger partial charge on any atom is -0.367 e. The molecule has 0 saturated carbocycles. The highest BCUT2D eigenvalue weighted by Gasteiger charge is 2.28. The van der Waals surface area contributed by atoms with Crippen molar-refractivity contribution in [3.05, 3.63) is 81.8 Å². The Hall–Kier alpha value is -3.72. The molecule has 2 aromatic carbocycles. The van der Waals surface area contributed by atoms with E-state index in [9.17, 15) is 18.8 Å². The van der Waals surface area contributed by atoms with Crippen molar-refractivity contribution in [3.8, 4) is 0 Å². The van der Waals surface area contributed by atoms with Crippen LogP contribution in [-0.4, -0.2) is 66.8 Å². The molecule has 0 aliphatic carbocycles. The van der Waals surface area contributed by atoms with E-state index in [4.69, 9.17) is 0 Å². The van der Waals surface area contributed by atoms with Crippen LogP contribution in [0.15, 0.2) is 60.0 Å². The largest absolute Gasteiger partial charge is 0.367 e. The van der Waals surface area contributed by atoms with E-state index in [1.807, 2.05) is 28.5 Å². The number of thiophene rings is 1. The Morgan fingerprint density at radius 3 is 2.25 bits per heavy atom. The summed E-state index contributed by atoms with van der Waals surface area (Å²) >= 11 is 1.36. The minimum atomic E-state index is -0.434. The van der Waals surface area contributed by atoms with Crippen molar-refractivity contribution in [1.82, 2.24) is 9.80 Å². The second kappa shape index (κ2) is 10.5. The van der Waals surface area contributed by atoms with Crippen LogP contribution in [0.25, 0.3) is 0 Å². The van der Waals surface area contributed by atoms with Crippen molar-refractivity contribution < 1.29 is 18.8 Å². The third-order valence-electron chi connectivity index (χ3n) is 6.60. The van der Waals surface area contributed by atoms with Gasteiger partial charge in [0.1, 0.15) is 5.82 Å². The Morgan fingerprint density at radius 1 is 0.806 bits per heavy atom. The Morgan fingerprint density at radius 2 is 1.56 bits per heavy atom. The molecule has 186 valence electrons. The van der Waals surface area contributed by atoms with Gasteiger partial charge in [0.05, 0.1) is 10.4 Å². The molecule has 3 amide bonds. The van der Waals surface area contributed by atoms with E-state index < -0.39 is 5.82 Å². The number of nitrogens with zero attached hydrogens (tertiary/aromatic N) is 3. The number of hydrogen-bond acceptors (Lipinski definition) is 5. The minimum absolute atomic E-state index is 0.0482. The van der Waals surface area contributed by atoms with Crippen LogP contribution in [-0.2, 0) is 0 Å². The van der Waals surface area contributed by atoms with E-state index >= 15 is 0 Å². The molecule has 2 aliphatic rings. The monoisotopic (exact) mass is 506 g/mol. The normalized spacial score (nSPS) is 15.8. The number of rotatable bonds is 5. The van der Waals surface area contributed by atoms with Crippen molar-refractivity contribution in [2.24, 2.45) is 0 Å². The van der Waals surface area contributed by atoms with E-state index in [1.54, 1.807) is 23.1 Å². The Kier molecular flexibility index (Phi) is 6.99. The first kappa shape index (κ1) is 24.0. The van der Waals surface area contributed by atoms with Crippen LogP contribution in [0.3, 0.4) is 0 Å². The second-order valence-corrected chi connectivity index (χ2v) is 9.90. The number of benzene rings is 2. The summed E-state index contributed by atoms with van der Waals surface area (Å²) in [7, 11) is 0. The number of carbonyl (C=O) groups is 3. The van der Waals surface area contributed by atoms with Gasteiger partial charge in [0.25, 0.3) is 17.7 Å². The lowest BCUT2D eigenvalue weighted by Crippen LogP contribution is -2.49. The zero-order chi connectivity index (χ0) is 25.1. The van der Waals surface area contributed by atoms with Gasteiger partial charge in [0.2, 0.25) is 0 Å². The lowest BCUT2D eigenvalue weighted by Gasteiger charge is -2.37. The lowest BCUT2D eigenvalue weighted by atomic mass is 10.1. The fourth-order valence-corrected chi connectivity index (χ4v) is 5.33. The van der Waals surface area contributed by atoms with Crippen molar-refractivity contribution in [3.63, 3.8) is 0 Å². The van der Waals surface area contributed by atoms with Crippen LogP contribution in [0.1, 0.15) is 43.2 Å². The van der Waals surface area contributed by atoms with Crippen LogP contribution >= 0.6 is 11.3 Å². The number of halogens is 1. The van der Waals surface area contributed by atoms with Gasteiger partial charge in [-0.15, -0.1) is 11.3 Å². The van der Waals surface area contributed by atoms with Crippen molar-refractivity contribution in [1.29, 1.82) is 0 Å². The van der Waals surface area contributed by atoms with Gasteiger partial charge in [0.15, 0.2) is 0 Å². The SMILES string of the molecule is O=C(Nc1ccc(N2CCN(C(=O)c3cccc(F)c3)CC2)c(C(=O)N2CCCC2)c1)c1cccs1. The molecule has 1 N–H and O–H groups in total. The van der Waals surface area contributed by atoms with Gasteiger partial charge in [-0.1, -0.05) is 12.1 Å². The van der Waals surface area contributed by atoms with Crippen molar-refractivity contribution in [2.45, 2.75) is 12.8 Å². The molecule has 3 heterocycles. The predicted octanol–water partition coefficient (Wildman–Crippen LogP) is 4.34. The first-order valence-electron chi connectivity index (χ1n) is 12.1. The van der Waals surface area contributed by atoms with Crippen LogP contribution in [0.5, 0.6) is 0 Å². The van der Waals surface area contributed by atoms with Crippen molar-refractivity contribution in [2.75, 3.05) is 49.5 Å². The van der Waals surface area contributed by atoms with Gasteiger partial charge >= 0.3 is 0 Å². The standard InChI is InChI=1S/C27H27FN4O3S/c28-20-6-3-5-19(17-20)26(34)32-14-12-30(13-15-32)23-9-8-21(29-25(33)24-7-4-16-36-24)18-22(23)27(35)31-10-1-2-11-31/h3-9,16-18H,1-2,10-15H2,(H,29,33). The third-order valence-corrected chi connectivity index (χ3v) is 7.47. The molecule has 1 aromatic heterocycles. The first-order chi connectivity index (χ1) is 17.5. The molecule has 5 rings (SSSR count). The maximum atomic E-state index is 13.6. The highest BCUT2D eigenvalue weighted by molar-refractivity contribution is 7.12. The van der Waals surface area contributed by atoms with Gasteiger partial charge in [-0.25, -0.2) is 4.39 Å². The number of hydrogen-bond donors (Lipinski definition) is 1. The molecule has 9 heteroatoms. The van der Waals surface area contributed by atoms with E-state index in [0.29, 0.717) is 47.9 Å². The van der Waals surface area contributed by atoms with Crippen LogP contribution in [0.2, 0.25) is 0 Å². The molecular formula is C27H27FN4O3S. The predicted molar refractivity (Wildman–Crippen MR) is 138 cm³/mol. The number of anilines is 2. The molecule has 0 bridgehead atoms. The lowest BCUT2D eigenvalue weighted by molar-refractivity contribution is 0.0742. The van der Waals surface area contributed by atoms with E-state index in [0.717, 1.165) is 31.6 Å². The third kappa shape index (κ3) is 5.11. The maximum Gasteiger partial charge on any atom is 0.265 e. The summed E-state index contributed by atoms with van der Waals surface area (Å²) in [4.78, 5) is 45.1. The maximum absolute atomic E-state index is 13.6. The van der Waals surface area contributed by atoms with Gasteiger partial charge in [-0.05, 0) is 60.7 Å². The average molecular weight is 507 g/mol. The molecule has 7 nitrogen and oxygen atoms in total. The summed E-state index contributed by atoms with van der Waals surface area (Å²) in [5, 5.41) is 4.75. The van der Waals surface area contributed by atoms with Gasteiger partial charge in [-0.2, -0.15) is 0 Å². The molecule has 2 saturated heterocycles. The number of nitrogens with one attached hydrogen (secondary N) is 1. The fraction of sp³-hybridized carbons (Fsp3) is 0.296. The first-order valence-corrected chi connectivity index (χ1v) is 13.0. The van der Waals surface area contributed by atoms with Crippen LogP contribution in [0.4, 0.5) is 15.8 Å². The zero-order valence-corrected chi connectivity index (χ0v) is 20.6. The van der Waals surface area contributed by atoms with Gasteiger partial charge in [0, 0.05) is 56.2 Å². The summed E-state index contributed by atoms with van der Waals surface area (Å²) in [5.74, 6) is -0.889. The zero-order valence-electron chi connectivity index (χ0n) is 19.8. The molecule has 2 fully saturated rings. The number of amides is 3. The summed E-state index contributed by atoms with van der Waals surface area (Å²) < 4.78 is 13.6. The molecule has 0 unspecified atom stereocenters. The molecule has 3 aromatic rings. The van der Waals surface area contributed by atoms with Gasteiger partial charge in [-0.3, -0.25) is 14.4 Å².